The molecule has 27 heavy (non-hydrogen) atoms. The minimum atomic E-state index is -0.157. The van der Waals surface area contributed by atoms with Crippen molar-refractivity contribution in [2.45, 2.75) is 20.3 Å². The molecule has 1 N–H and O–H groups in total. The van der Waals surface area contributed by atoms with E-state index in [1.54, 1.807) is 31.8 Å². The Hall–Kier alpha value is -3.28. The molecule has 138 valence electrons. The summed E-state index contributed by atoms with van der Waals surface area (Å²) in [6.07, 6.45) is 6.03. The lowest BCUT2D eigenvalue weighted by Gasteiger charge is -2.10. The summed E-state index contributed by atoms with van der Waals surface area (Å²) in [6.45, 7) is 4.33. The van der Waals surface area contributed by atoms with Crippen molar-refractivity contribution in [3.05, 3.63) is 71.4 Å². The lowest BCUT2D eigenvalue weighted by Crippen LogP contribution is -2.25. The zero-order valence-corrected chi connectivity index (χ0v) is 15.7. The van der Waals surface area contributed by atoms with E-state index in [9.17, 15) is 4.79 Å². The number of methoxy groups -OCH3 is 1. The van der Waals surface area contributed by atoms with Crippen LogP contribution in [-0.4, -0.2) is 34.5 Å². The molecule has 6 nitrogen and oxygen atoms in total. The average molecular weight is 362 g/mol. The average Bonchev–Trinajstić information content (AvgIpc) is 2.69. The highest BCUT2D eigenvalue weighted by Gasteiger charge is 2.11. The third-order valence-electron chi connectivity index (χ3n) is 4.15. The molecule has 1 aromatic carbocycles. The minimum Gasteiger partial charge on any atom is -0.497 e. The Morgan fingerprint density at radius 3 is 2.48 bits per heavy atom. The molecule has 1 amide bonds. The van der Waals surface area contributed by atoms with Gasteiger partial charge in [-0.3, -0.25) is 9.78 Å². The third-order valence-corrected chi connectivity index (χ3v) is 4.15. The molecule has 0 saturated heterocycles. The Morgan fingerprint density at radius 2 is 1.81 bits per heavy atom. The van der Waals surface area contributed by atoms with Gasteiger partial charge < -0.3 is 10.1 Å². The molecule has 0 bridgehead atoms. The normalized spacial score (nSPS) is 10.5. The first-order chi connectivity index (χ1) is 13.0. The molecule has 0 aliphatic heterocycles. The summed E-state index contributed by atoms with van der Waals surface area (Å²) in [6, 6.07) is 9.35. The summed E-state index contributed by atoms with van der Waals surface area (Å²) >= 11 is 0. The zero-order valence-electron chi connectivity index (χ0n) is 15.7. The van der Waals surface area contributed by atoms with Gasteiger partial charge in [-0.05, 0) is 55.7 Å². The Kier molecular flexibility index (Phi) is 5.76. The number of nitrogens with one attached hydrogen (secondary N) is 1. The van der Waals surface area contributed by atoms with Crippen LogP contribution in [0.4, 0.5) is 0 Å². The molecular formula is C21H22N4O2. The maximum atomic E-state index is 12.6. The van der Waals surface area contributed by atoms with E-state index in [2.05, 4.69) is 20.3 Å². The van der Waals surface area contributed by atoms with Gasteiger partial charge >= 0.3 is 0 Å². The fourth-order valence-electron chi connectivity index (χ4n) is 2.61. The third kappa shape index (κ3) is 4.88. The zero-order chi connectivity index (χ0) is 19.2. The predicted octanol–water partition coefficient (Wildman–Crippen LogP) is 3.14. The number of carbonyl (C=O) groups excluding carboxylic acids is 1. The van der Waals surface area contributed by atoms with Gasteiger partial charge in [-0.1, -0.05) is 6.07 Å². The standard InChI is InChI=1S/C21H22N4O2/c1-14-4-5-20(25-11-14)17-8-18(10-19(9-17)27-3)21(26)22-7-6-16-12-23-15(2)24-13-16/h4-5,8-13H,6-7H2,1-3H3,(H,22,26). The minimum absolute atomic E-state index is 0.157. The van der Waals surface area contributed by atoms with Crippen LogP contribution in [0.5, 0.6) is 5.75 Å². The molecule has 0 aliphatic rings. The van der Waals surface area contributed by atoms with Gasteiger partial charge in [0.15, 0.2) is 0 Å². The van der Waals surface area contributed by atoms with Crippen molar-refractivity contribution in [3.8, 4) is 17.0 Å². The van der Waals surface area contributed by atoms with Crippen LogP contribution in [0.1, 0.15) is 27.3 Å². The number of hydrogen-bond acceptors (Lipinski definition) is 5. The molecule has 2 aromatic heterocycles. The van der Waals surface area contributed by atoms with E-state index in [1.807, 2.05) is 38.1 Å². The SMILES string of the molecule is COc1cc(C(=O)NCCc2cnc(C)nc2)cc(-c2ccc(C)cn2)c1. The van der Waals surface area contributed by atoms with Crippen molar-refractivity contribution in [3.63, 3.8) is 0 Å². The van der Waals surface area contributed by atoms with Crippen LogP contribution < -0.4 is 10.1 Å². The van der Waals surface area contributed by atoms with Crippen LogP contribution in [0, 0.1) is 13.8 Å². The number of nitrogens with zero attached hydrogens (tertiary/aromatic N) is 3. The molecule has 0 unspecified atom stereocenters. The van der Waals surface area contributed by atoms with Gasteiger partial charge in [-0.2, -0.15) is 0 Å². The van der Waals surface area contributed by atoms with Crippen molar-refractivity contribution in [1.82, 2.24) is 20.3 Å². The molecule has 0 radical (unpaired) electrons. The molecule has 3 rings (SSSR count). The number of rotatable bonds is 6. The first-order valence-corrected chi connectivity index (χ1v) is 8.73. The van der Waals surface area contributed by atoms with Crippen LogP contribution in [0.15, 0.2) is 48.9 Å². The Morgan fingerprint density at radius 1 is 1.04 bits per heavy atom. The number of carbonyl (C=O) groups is 1. The van der Waals surface area contributed by atoms with Gasteiger partial charge in [0.25, 0.3) is 5.91 Å². The first kappa shape index (κ1) is 18.5. The lowest BCUT2D eigenvalue weighted by molar-refractivity contribution is 0.0954. The van der Waals surface area contributed by atoms with Crippen LogP contribution in [0.2, 0.25) is 0 Å². The highest BCUT2D eigenvalue weighted by molar-refractivity contribution is 5.96. The summed E-state index contributed by atoms with van der Waals surface area (Å²) in [5.41, 5.74) is 4.24. The number of benzene rings is 1. The largest absolute Gasteiger partial charge is 0.497 e. The van der Waals surface area contributed by atoms with Crippen molar-refractivity contribution >= 4 is 5.91 Å². The van der Waals surface area contributed by atoms with Crippen molar-refractivity contribution in [2.75, 3.05) is 13.7 Å². The van der Waals surface area contributed by atoms with E-state index in [1.165, 1.54) is 0 Å². The van der Waals surface area contributed by atoms with Gasteiger partial charge in [-0.25, -0.2) is 9.97 Å². The molecule has 2 heterocycles. The van der Waals surface area contributed by atoms with Crippen molar-refractivity contribution < 1.29 is 9.53 Å². The number of pyridine rings is 1. The Balaban J connectivity index is 1.72. The second-order valence-electron chi connectivity index (χ2n) is 6.32. The van der Waals surface area contributed by atoms with Gasteiger partial charge in [0.05, 0.1) is 12.8 Å². The van der Waals surface area contributed by atoms with E-state index >= 15 is 0 Å². The molecule has 0 fully saturated rings. The fraction of sp³-hybridized carbons (Fsp3) is 0.238. The van der Waals surface area contributed by atoms with E-state index in [0.29, 0.717) is 24.3 Å². The molecule has 0 saturated carbocycles. The summed E-state index contributed by atoms with van der Waals surface area (Å²) < 4.78 is 5.35. The molecule has 0 aliphatic carbocycles. The molecule has 0 spiro atoms. The van der Waals surface area contributed by atoms with Gasteiger partial charge in [0.1, 0.15) is 11.6 Å². The molecular weight excluding hydrogens is 340 g/mol. The van der Waals surface area contributed by atoms with E-state index in [-0.39, 0.29) is 5.91 Å². The second-order valence-corrected chi connectivity index (χ2v) is 6.32. The van der Waals surface area contributed by atoms with Crippen LogP contribution in [-0.2, 0) is 6.42 Å². The molecule has 6 heteroatoms. The number of aryl methyl sites for hydroxylation is 2. The first-order valence-electron chi connectivity index (χ1n) is 8.73. The smallest absolute Gasteiger partial charge is 0.251 e. The quantitative estimate of drug-likeness (QED) is 0.729. The Bertz CT molecular complexity index is 922. The maximum absolute atomic E-state index is 12.6. The number of hydrogen-bond donors (Lipinski definition) is 1. The van der Waals surface area contributed by atoms with Crippen LogP contribution >= 0.6 is 0 Å². The summed E-state index contributed by atoms with van der Waals surface area (Å²) in [7, 11) is 1.58. The van der Waals surface area contributed by atoms with E-state index in [0.717, 1.165) is 28.2 Å². The van der Waals surface area contributed by atoms with Gasteiger partial charge in [0, 0.05) is 36.3 Å². The maximum Gasteiger partial charge on any atom is 0.251 e. The fourth-order valence-corrected chi connectivity index (χ4v) is 2.61. The number of ether oxygens (including phenoxy) is 1. The Labute approximate surface area is 158 Å². The van der Waals surface area contributed by atoms with Crippen LogP contribution in [0.3, 0.4) is 0 Å². The highest BCUT2D eigenvalue weighted by atomic mass is 16.5. The number of amides is 1. The summed E-state index contributed by atoms with van der Waals surface area (Å²) in [5, 5.41) is 2.93. The monoisotopic (exact) mass is 362 g/mol. The van der Waals surface area contributed by atoms with Crippen LogP contribution in [0.25, 0.3) is 11.3 Å². The van der Waals surface area contributed by atoms with Crippen molar-refractivity contribution in [1.29, 1.82) is 0 Å². The summed E-state index contributed by atoms with van der Waals surface area (Å²) in [4.78, 5) is 25.3. The van der Waals surface area contributed by atoms with E-state index < -0.39 is 0 Å². The van der Waals surface area contributed by atoms with Crippen molar-refractivity contribution in [2.24, 2.45) is 0 Å². The predicted molar refractivity (Wildman–Crippen MR) is 104 cm³/mol. The summed E-state index contributed by atoms with van der Waals surface area (Å²) in [5.74, 6) is 1.19. The van der Waals surface area contributed by atoms with E-state index in [4.69, 9.17) is 4.74 Å². The lowest BCUT2D eigenvalue weighted by atomic mass is 10.1. The molecule has 0 atom stereocenters. The van der Waals surface area contributed by atoms with Gasteiger partial charge in [0.2, 0.25) is 0 Å². The second kappa shape index (κ2) is 8.40. The van der Waals surface area contributed by atoms with Gasteiger partial charge in [-0.15, -0.1) is 0 Å². The number of aromatic nitrogens is 3. The highest BCUT2D eigenvalue weighted by Crippen LogP contribution is 2.25. The molecule has 3 aromatic rings. The topological polar surface area (TPSA) is 77.0 Å².